The van der Waals surface area contributed by atoms with E-state index in [9.17, 15) is 0 Å². The number of thioether (sulfide) groups is 1. The smallest absolute Gasteiger partial charge is 0.101 e. The largest absolute Gasteiger partial charge is 0.362 e. The van der Waals surface area contributed by atoms with Crippen molar-refractivity contribution in [2.45, 2.75) is 44.4 Å². The quantitative estimate of drug-likeness (QED) is 0.419. The first-order valence-electron chi connectivity index (χ1n) is 7.58. The van der Waals surface area contributed by atoms with Gasteiger partial charge in [-0.25, -0.2) is 4.99 Å². The molecule has 0 atom stereocenters. The van der Waals surface area contributed by atoms with Gasteiger partial charge in [0, 0.05) is 16.3 Å². The molecule has 3 heteroatoms. The lowest BCUT2D eigenvalue weighted by atomic mass is 10.1. The zero-order chi connectivity index (χ0) is 16.1. The number of nitrogens with one attached hydrogen (secondary N) is 1. The minimum atomic E-state index is 0.772. The SMILES string of the molecule is C=C/C(=N\C(C)=C(/C)NC(=C)C)Sc1cccc(C2CC2)c1. The molecule has 1 aromatic rings. The zero-order valence-electron chi connectivity index (χ0n) is 13.6. The number of aliphatic imine (C=N–C) groups is 1. The van der Waals surface area contributed by atoms with Crippen molar-refractivity contribution in [3.63, 3.8) is 0 Å². The highest BCUT2D eigenvalue weighted by Crippen LogP contribution is 2.41. The summed E-state index contributed by atoms with van der Waals surface area (Å²) in [5.74, 6) is 0.772. The topological polar surface area (TPSA) is 24.4 Å². The van der Waals surface area contributed by atoms with E-state index in [0.717, 1.165) is 28.1 Å². The molecule has 2 rings (SSSR count). The number of hydrogen-bond donors (Lipinski definition) is 1. The van der Waals surface area contributed by atoms with Crippen LogP contribution in [0.1, 0.15) is 45.1 Å². The van der Waals surface area contributed by atoms with Gasteiger partial charge in [0.25, 0.3) is 0 Å². The van der Waals surface area contributed by atoms with Crippen LogP contribution >= 0.6 is 11.8 Å². The molecular formula is C19H24N2S. The predicted octanol–water partition coefficient (Wildman–Crippen LogP) is 5.62. The lowest BCUT2D eigenvalue weighted by Crippen LogP contribution is -2.08. The number of allylic oxidation sites excluding steroid dienone is 3. The second kappa shape index (κ2) is 7.50. The van der Waals surface area contributed by atoms with Gasteiger partial charge in [-0.3, -0.25) is 0 Å². The van der Waals surface area contributed by atoms with Crippen molar-refractivity contribution in [2.75, 3.05) is 0 Å². The highest BCUT2D eigenvalue weighted by molar-refractivity contribution is 8.14. The summed E-state index contributed by atoms with van der Waals surface area (Å²) in [6, 6.07) is 8.76. The molecule has 1 fully saturated rings. The molecule has 1 aliphatic carbocycles. The Morgan fingerprint density at radius 3 is 2.64 bits per heavy atom. The monoisotopic (exact) mass is 312 g/mol. The van der Waals surface area contributed by atoms with Crippen LogP contribution < -0.4 is 5.32 Å². The molecule has 1 N–H and O–H groups in total. The number of benzene rings is 1. The van der Waals surface area contributed by atoms with Gasteiger partial charge in [0.2, 0.25) is 0 Å². The van der Waals surface area contributed by atoms with Crippen LogP contribution in [0.3, 0.4) is 0 Å². The number of rotatable bonds is 6. The first-order valence-corrected chi connectivity index (χ1v) is 8.40. The van der Waals surface area contributed by atoms with Gasteiger partial charge in [-0.2, -0.15) is 0 Å². The normalized spacial score (nSPS) is 16.0. The van der Waals surface area contributed by atoms with Crippen LogP contribution in [0, 0.1) is 0 Å². The Hall–Kier alpha value is -1.74. The second-order valence-corrected chi connectivity index (χ2v) is 6.81. The number of nitrogens with zero attached hydrogens (tertiary/aromatic N) is 1. The Kier molecular flexibility index (Phi) is 5.67. The fraction of sp³-hybridized carbons (Fsp3) is 0.316. The predicted molar refractivity (Wildman–Crippen MR) is 98.2 cm³/mol. The molecule has 0 spiro atoms. The molecule has 1 aliphatic rings. The van der Waals surface area contributed by atoms with Crippen molar-refractivity contribution in [1.82, 2.24) is 5.32 Å². The van der Waals surface area contributed by atoms with Crippen LogP contribution in [-0.4, -0.2) is 5.04 Å². The van der Waals surface area contributed by atoms with E-state index < -0.39 is 0 Å². The molecule has 0 saturated heterocycles. The maximum absolute atomic E-state index is 4.67. The molecule has 2 nitrogen and oxygen atoms in total. The van der Waals surface area contributed by atoms with Crippen LogP contribution in [-0.2, 0) is 0 Å². The fourth-order valence-electron chi connectivity index (χ4n) is 2.14. The van der Waals surface area contributed by atoms with Crippen LogP contribution in [0.4, 0.5) is 0 Å². The van der Waals surface area contributed by atoms with Gasteiger partial charge >= 0.3 is 0 Å². The maximum atomic E-state index is 4.67. The first kappa shape index (κ1) is 16.6. The summed E-state index contributed by atoms with van der Waals surface area (Å²) in [6.45, 7) is 13.7. The minimum Gasteiger partial charge on any atom is -0.362 e. The first-order chi connectivity index (χ1) is 10.5. The lowest BCUT2D eigenvalue weighted by Gasteiger charge is -2.09. The van der Waals surface area contributed by atoms with Crippen molar-refractivity contribution in [1.29, 1.82) is 0 Å². The standard InChI is InChI=1S/C19H24N2S/c1-6-19(21-15(5)14(4)20-13(2)3)22-18-9-7-8-17(12-18)16-10-11-16/h6-9,12,16,20H,1-2,10-11H2,3-5H3/b15-14+,21-19+. The molecule has 1 aromatic carbocycles. The Morgan fingerprint density at radius 1 is 1.32 bits per heavy atom. The highest BCUT2D eigenvalue weighted by atomic mass is 32.2. The molecule has 1 saturated carbocycles. The molecule has 22 heavy (non-hydrogen) atoms. The van der Waals surface area contributed by atoms with E-state index in [1.807, 2.05) is 26.8 Å². The molecule has 0 heterocycles. The average molecular weight is 312 g/mol. The van der Waals surface area contributed by atoms with Crippen molar-refractivity contribution >= 4 is 16.8 Å². The van der Waals surface area contributed by atoms with Crippen LogP contribution in [0.25, 0.3) is 0 Å². The third kappa shape index (κ3) is 4.92. The van der Waals surface area contributed by atoms with E-state index in [1.165, 1.54) is 23.3 Å². The molecular weight excluding hydrogens is 288 g/mol. The van der Waals surface area contributed by atoms with Gasteiger partial charge in [0.15, 0.2) is 0 Å². The summed E-state index contributed by atoms with van der Waals surface area (Å²) in [5, 5.41) is 4.11. The Labute approximate surface area is 138 Å². The third-order valence-corrected chi connectivity index (χ3v) is 4.48. The van der Waals surface area contributed by atoms with Gasteiger partial charge in [-0.05, 0) is 63.3 Å². The molecule has 0 radical (unpaired) electrons. The van der Waals surface area contributed by atoms with E-state index in [1.54, 1.807) is 11.8 Å². The molecule has 0 aliphatic heterocycles. The molecule has 0 aromatic heterocycles. The fourth-order valence-corrected chi connectivity index (χ4v) is 2.99. The summed E-state index contributed by atoms with van der Waals surface area (Å²) in [5.41, 5.74) is 4.32. The van der Waals surface area contributed by atoms with Crippen molar-refractivity contribution in [2.24, 2.45) is 4.99 Å². The Bertz CT molecular complexity index is 637. The van der Waals surface area contributed by atoms with Gasteiger partial charge < -0.3 is 5.32 Å². The van der Waals surface area contributed by atoms with E-state index in [0.29, 0.717) is 0 Å². The van der Waals surface area contributed by atoms with Crippen LogP contribution in [0.15, 0.2) is 70.5 Å². The second-order valence-electron chi connectivity index (χ2n) is 5.72. The van der Waals surface area contributed by atoms with Crippen LogP contribution in [0.5, 0.6) is 0 Å². The zero-order valence-corrected chi connectivity index (χ0v) is 14.5. The van der Waals surface area contributed by atoms with E-state index >= 15 is 0 Å². The summed E-state index contributed by atoms with van der Waals surface area (Å²) in [4.78, 5) is 5.89. The molecule has 116 valence electrons. The molecule has 0 amide bonds. The van der Waals surface area contributed by atoms with E-state index in [4.69, 9.17) is 0 Å². The van der Waals surface area contributed by atoms with E-state index in [2.05, 4.69) is 47.7 Å². The summed E-state index contributed by atoms with van der Waals surface area (Å²) in [7, 11) is 0. The number of hydrogen-bond acceptors (Lipinski definition) is 3. The molecule has 0 unspecified atom stereocenters. The maximum Gasteiger partial charge on any atom is 0.101 e. The van der Waals surface area contributed by atoms with Gasteiger partial charge in [0.1, 0.15) is 5.04 Å². The Morgan fingerprint density at radius 2 is 2.05 bits per heavy atom. The molecule has 0 bridgehead atoms. The third-order valence-electron chi connectivity index (χ3n) is 3.53. The van der Waals surface area contributed by atoms with Crippen LogP contribution in [0.2, 0.25) is 0 Å². The summed E-state index contributed by atoms with van der Waals surface area (Å²) in [6.07, 6.45) is 4.46. The summed E-state index contributed by atoms with van der Waals surface area (Å²) < 4.78 is 0. The van der Waals surface area contributed by atoms with Crippen molar-refractivity contribution < 1.29 is 0 Å². The minimum absolute atomic E-state index is 0.772. The average Bonchev–Trinajstić information content (AvgIpc) is 3.30. The van der Waals surface area contributed by atoms with Crippen molar-refractivity contribution in [3.05, 3.63) is 66.2 Å². The van der Waals surface area contributed by atoms with Crippen molar-refractivity contribution in [3.8, 4) is 0 Å². The highest BCUT2D eigenvalue weighted by Gasteiger charge is 2.23. The van der Waals surface area contributed by atoms with Gasteiger partial charge in [-0.1, -0.05) is 37.1 Å². The Balaban J connectivity index is 2.14. The summed E-state index contributed by atoms with van der Waals surface area (Å²) >= 11 is 1.66. The van der Waals surface area contributed by atoms with Gasteiger partial charge in [0.05, 0.1) is 5.70 Å². The van der Waals surface area contributed by atoms with E-state index in [-0.39, 0.29) is 0 Å². The van der Waals surface area contributed by atoms with Gasteiger partial charge in [-0.15, -0.1) is 0 Å². The lowest BCUT2D eigenvalue weighted by molar-refractivity contribution is 0.940.